The van der Waals surface area contributed by atoms with Crippen LogP contribution in [-0.4, -0.2) is 26.5 Å². The fraction of sp³-hybridized carbons (Fsp3) is 0.0769. The molecule has 0 saturated heterocycles. The Morgan fingerprint density at radius 2 is 1.95 bits per heavy atom. The van der Waals surface area contributed by atoms with Gasteiger partial charge in [-0.3, -0.25) is 9.59 Å². The van der Waals surface area contributed by atoms with E-state index < -0.39 is 21.7 Å². The molecule has 0 saturated carbocycles. The van der Waals surface area contributed by atoms with Crippen LogP contribution in [0.4, 0.5) is 5.00 Å². The number of primary amides is 1. The Morgan fingerprint density at radius 3 is 2.57 bits per heavy atom. The lowest BCUT2D eigenvalue weighted by Crippen LogP contribution is -2.16. The van der Waals surface area contributed by atoms with Gasteiger partial charge < -0.3 is 11.1 Å². The number of anilines is 1. The van der Waals surface area contributed by atoms with E-state index in [1.807, 2.05) is 0 Å². The molecule has 3 N–H and O–H groups in total. The van der Waals surface area contributed by atoms with Gasteiger partial charge in [-0.1, -0.05) is 6.07 Å². The second-order valence-corrected chi connectivity index (χ2v) is 7.21. The molecule has 0 radical (unpaired) electrons. The average Bonchev–Trinajstić information content (AvgIpc) is 2.86. The third-order valence-electron chi connectivity index (χ3n) is 2.68. The van der Waals surface area contributed by atoms with Gasteiger partial charge in [-0.2, -0.15) is 0 Å². The molecule has 1 aromatic heterocycles. The van der Waals surface area contributed by atoms with Gasteiger partial charge in [0.05, 0.1) is 10.5 Å². The van der Waals surface area contributed by atoms with E-state index in [9.17, 15) is 18.0 Å². The summed E-state index contributed by atoms with van der Waals surface area (Å²) < 4.78 is 23.0. The molecule has 0 unspecified atom stereocenters. The molecule has 0 fully saturated rings. The number of thiophene rings is 1. The van der Waals surface area contributed by atoms with Gasteiger partial charge in [0.25, 0.3) is 11.8 Å². The molecule has 6 nitrogen and oxygen atoms in total. The monoisotopic (exact) mass is 324 g/mol. The van der Waals surface area contributed by atoms with E-state index in [-0.39, 0.29) is 16.0 Å². The lowest BCUT2D eigenvalue weighted by Gasteiger charge is -2.06. The van der Waals surface area contributed by atoms with Crippen LogP contribution in [0.1, 0.15) is 20.7 Å². The Labute approximate surface area is 125 Å². The lowest BCUT2D eigenvalue weighted by atomic mass is 10.2. The molecule has 0 atom stereocenters. The number of amides is 2. The number of nitrogens with two attached hydrogens (primary N) is 1. The van der Waals surface area contributed by atoms with Crippen LogP contribution in [0.3, 0.4) is 0 Å². The van der Waals surface area contributed by atoms with Crippen molar-refractivity contribution in [1.82, 2.24) is 0 Å². The van der Waals surface area contributed by atoms with E-state index in [0.29, 0.717) is 5.00 Å². The summed E-state index contributed by atoms with van der Waals surface area (Å²) in [6.45, 7) is 0. The standard InChI is InChI=1S/C13H12N2O4S2/c1-21(18,19)9-4-2-3-8(7-9)12(17)15-13-10(11(14)16)5-6-20-13/h2-7H,1H3,(H2,14,16)(H,15,17). The van der Waals surface area contributed by atoms with E-state index >= 15 is 0 Å². The van der Waals surface area contributed by atoms with Crippen molar-refractivity contribution in [2.24, 2.45) is 5.73 Å². The molecule has 1 aromatic carbocycles. The summed E-state index contributed by atoms with van der Waals surface area (Å²) in [5.74, 6) is -1.15. The van der Waals surface area contributed by atoms with Crippen molar-refractivity contribution in [1.29, 1.82) is 0 Å². The fourth-order valence-corrected chi connectivity index (χ4v) is 3.10. The van der Waals surface area contributed by atoms with Gasteiger partial charge in [0.15, 0.2) is 9.84 Å². The maximum absolute atomic E-state index is 12.1. The van der Waals surface area contributed by atoms with Gasteiger partial charge in [-0.15, -0.1) is 11.3 Å². The van der Waals surface area contributed by atoms with Crippen LogP contribution in [0.25, 0.3) is 0 Å². The summed E-state index contributed by atoms with van der Waals surface area (Å²) in [5.41, 5.74) is 5.59. The van der Waals surface area contributed by atoms with Crippen LogP contribution < -0.4 is 11.1 Å². The van der Waals surface area contributed by atoms with Crippen molar-refractivity contribution in [3.05, 3.63) is 46.8 Å². The predicted molar refractivity (Wildman–Crippen MR) is 80.3 cm³/mol. The number of sulfone groups is 1. The highest BCUT2D eigenvalue weighted by Crippen LogP contribution is 2.23. The smallest absolute Gasteiger partial charge is 0.256 e. The third-order valence-corrected chi connectivity index (χ3v) is 4.62. The van der Waals surface area contributed by atoms with Crippen molar-refractivity contribution < 1.29 is 18.0 Å². The molecule has 0 bridgehead atoms. The van der Waals surface area contributed by atoms with E-state index in [4.69, 9.17) is 5.73 Å². The average molecular weight is 324 g/mol. The van der Waals surface area contributed by atoms with Crippen LogP contribution in [0.2, 0.25) is 0 Å². The number of benzene rings is 1. The normalized spacial score (nSPS) is 11.1. The van der Waals surface area contributed by atoms with E-state index in [1.165, 1.54) is 30.3 Å². The number of hydrogen-bond acceptors (Lipinski definition) is 5. The molecule has 1 heterocycles. The van der Waals surface area contributed by atoms with Gasteiger partial charge in [0.2, 0.25) is 0 Å². The summed E-state index contributed by atoms with van der Waals surface area (Å²) in [6, 6.07) is 7.17. The predicted octanol–water partition coefficient (Wildman–Crippen LogP) is 1.50. The fourth-order valence-electron chi connectivity index (χ4n) is 1.64. The van der Waals surface area contributed by atoms with Crippen molar-refractivity contribution in [2.75, 3.05) is 11.6 Å². The number of rotatable bonds is 4. The van der Waals surface area contributed by atoms with Gasteiger partial charge in [0.1, 0.15) is 5.00 Å². The summed E-state index contributed by atoms with van der Waals surface area (Å²) >= 11 is 1.16. The third kappa shape index (κ3) is 3.47. The molecule has 8 heteroatoms. The molecular weight excluding hydrogens is 312 g/mol. The van der Waals surface area contributed by atoms with Crippen LogP contribution in [0, 0.1) is 0 Å². The zero-order valence-corrected chi connectivity index (χ0v) is 12.6. The quantitative estimate of drug-likeness (QED) is 0.888. The van der Waals surface area contributed by atoms with Gasteiger partial charge in [0, 0.05) is 11.8 Å². The highest BCUT2D eigenvalue weighted by atomic mass is 32.2. The molecule has 2 amide bonds. The van der Waals surface area contributed by atoms with Gasteiger partial charge in [-0.05, 0) is 29.6 Å². The summed E-state index contributed by atoms with van der Waals surface area (Å²) in [4.78, 5) is 23.4. The Morgan fingerprint density at radius 1 is 1.24 bits per heavy atom. The van der Waals surface area contributed by atoms with Crippen molar-refractivity contribution in [3.8, 4) is 0 Å². The van der Waals surface area contributed by atoms with Crippen molar-refractivity contribution >= 4 is 38.0 Å². The maximum Gasteiger partial charge on any atom is 0.256 e. The Kier molecular flexibility index (Phi) is 4.10. The zero-order valence-electron chi connectivity index (χ0n) is 11.0. The molecule has 110 valence electrons. The molecule has 2 rings (SSSR count). The minimum Gasteiger partial charge on any atom is -0.366 e. The number of carbonyl (C=O) groups excluding carboxylic acids is 2. The van der Waals surface area contributed by atoms with Crippen LogP contribution in [0.5, 0.6) is 0 Å². The minimum absolute atomic E-state index is 0.0523. The van der Waals surface area contributed by atoms with E-state index in [2.05, 4.69) is 5.32 Å². The van der Waals surface area contributed by atoms with E-state index in [0.717, 1.165) is 17.6 Å². The van der Waals surface area contributed by atoms with Crippen molar-refractivity contribution in [2.45, 2.75) is 4.90 Å². The first-order chi connectivity index (χ1) is 9.79. The molecule has 21 heavy (non-hydrogen) atoms. The van der Waals surface area contributed by atoms with Crippen LogP contribution in [-0.2, 0) is 9.84 Å². The SMILES string of the molecule is CS(=O)(=O)c1cccc(C(=O)Nc2sccc2C(N)=O)c1. The topological polar surface area (TPSA) is 106 Å². The highest BCUT2D eigenvalue weighted by Gasteiger charge is 2.15. The first kappa shape index (κ1) is 15.2. The molecule has 0 spiro atoms. The summed E-state index contributed by atoms with van der Waals surface area (Å²) in [7, 11) is -3.39. The summed E-state index contributed by atoms with van der Waals surface area (Å²) in [5, 5.41) is 4.51. The molecular formula is C13H12N2O4S2. The van der Waals surface area contributed by atoms with Crippen molar-refractivity contribution in [3.63, 3.8) is 0 Å². The second-order valence-electron chi connectivity index (χ2n) is 4.28. The molecule has 2 aromatic rings. The first-order valence-electron chi connectivity index (χ1n) is 5.78. The van der Waals surface area contributed by atoms with Crippen LogP contribution >= 0.6 is 11.3 Å². The van der Waals surface area contributed by atoms with Gasteiger partial charge in [-0.25, -0.2) is 8.42 Å². The molecule has 0 aliphatic heterocycles. The number of nitrogens with one attached hydrogen (secondary N) is 1. The number of hydrogen-bond donors (Lipinski definition) is 2. The van der Waals surface area contributed by atoms with Gasteiger partial charge >= 0.3 is 0 Å². The maximum atomic E-state index is 12.1. The van der Waals surface area contributed by atoms with Crippen LogP contribution in [0.15, 0.2) is 40.6 Å². The molecule has 0 aliphatic carbocycles. The minimum atomic E-state index is -3.39. The Bertz CT molecular complexity index is 809. The first-order valence-corrected chi connectivity index (χ1v) is 8.55. The highest BCUT2D eigenvalue weighted by molar-refractivity contribution is 7.90. The van der Waals surface area contributed by atoms with E-state index in [1.54, 1.807) is 5.38 Å². The Balaban J connectivity index is 2.29. The largest absolute Gasteiger partial charge is 0.366 e. The summed E-state index contributed by atoms with van der Waals surface area (Å²) in [6.07, 6.45) is 1.06. The second kappa shape index (κ2) is 5.66. The number of carbonyl (C=O) groups is 2. The zero-order chi connectivity index (χ0) is 15.6. The Hall–Kier alpha value is -2.19. The lowest BCUT2D eigenvalue weighted by molar-refractivity contribution is 0.100. The molecule has 0 aliphatic rings.